The van der Waals surface area contributed by atoms with Gasteiger partial charge in [-0.2, -0.15) is 5.10 Å². The number of hydrogen-bond donors (Lipinski definition) is 1. The number of hydrogen-bond acceptors (Lipinski definition) is 3. The molecule has 4 nitrogen and oxygen atoms in total. The van der Waals surface area contributed by atoms with E-state index in [-0.39, 0.29) is 5.97 Å². The van der Waals surface area contributed by atoms with Crippen LogP contribution in [0.25, 0.3) is 0 Å². The lowest BCUT2D eigenvalue weighted by atomic mass is 9.87. The van der Waals surface area contributed by atoms with Crippen molar-refractivity contribution >= 4 is 5.97 Å². The summed E-state index contributed by atoms with van der Waals surface area (Å²) in [5.41, 5.74) is 3.15. The first-order chi connectivity index (χ1) is 8.08. The molecule has 0 saturated heterocycles. The van der Waals surface area contributed by atoms with Crippen LogP contribution in [-0.2, 0) is 17.6 Å². The lowest BCUT2D eigenvalue weighted by molar-refractivity contribution is 0.0518. The predicted molar refractivity (Wildman–Crippen MR) is 62.7 cm³/mol. The Balaban J connectivity index is 1.91. The number of aromatic nitrogens is 2. The molecule has 1 fully saturated rings. The van der Waals surface area contributed by atoms with Crippen LogP contribution in [0.15, 0.2) is 0 Å². The lowest BCUT2D eigenvalue weighted by Crippen LogP contribution is -2.15. The second kappa shape index (κ2) is 3.34. The first-order valence-corrected chi connectivity index (χ1v) is 6.31. The summed E-state index contributed by atoms with van der Waals surface area (Å²) in [6.45, 7) is 6.85. The van der Waals surface area contributed by atoms with Crippen molar-refractivity contribution in [2.45, 2.75) is 33.6 Å². The van der Waals surface area contributed by atoms with Gasteiger partial charge in [0.15, 0.2) is 5.69 Å². The highest BCUT2D eigenvalue weighted by Crippen LogP contribution is 2.64. The second-order valence-electron chi connectivity index (χ2n) is 5.53. The standard InChI is InChI=1S/C13H18N2O2/c1-4-17-12(16)11-8-5-9-7(2)13(9,3)6-10(8)14-15-11/h7,9H,4-6H2,1-3H3,(H,14,15)/t7?,9?,13-/m0/s1. The average Bonchev–Trinajstić information content (AvgIpc) is 2.67. The molecule has 2 aliphatic rings. The first-order valence-electron chi connectivity index (χ1n) is 6.31. The number of nitrogens with one attached hydrogen (secondary N) is 1. The van der Waals surface area contributed by atoms with E-state index in [9.17, 15) is 4.79 Å². The predicted octanol–water partition coefficient (Wildman–Crippen LogP) is 1.96. The average molecular weight is 234 g/mol. The molecule has 2 unspecified atom stereocenters. The maximum atomic E-state index is 11.8. The van der Waals surface area contributed by atoms with Crippen LogP contribution in [0.4, 0.5) is 0 Å². The number of esters is 1. The zero-order valence-electron chi connectivity index (χ0n) is 10.5. The molecule has 1 aromatic rings. The van der Waals surface area contributed by atoms with Crippen molar-refractivity contribution in [2.75, 3.05) is 6.61 Å². The highest BCUT2D eigenvalue weighted by atomic mass is 16.5. The molecule has 1 saturated carbocycles. The van der Waals surface area contributed by atoms with Crippen molar-refractivity contribution in [3.8, 4) is 0 Å². The Hall–Kier alpha value is -1.32. The SMILES string of the molecule is CCOC(=O)c1n[nH]c2c1CC1C(C)[C@]1(C)C2. The van der Waals surface area contributed by atoms with Gasteiger partial charge in [0.05, 0.1) is 6.61 Å². The molecular formula is C13H18N2O2. The van der Waals surface area contributed by atoms with Crippen molar-refractivity contribution in [1.29, 1.82) is 0 Å². The van der Waals surface area contributed by atoms with E-state index in [1.54, 1.807) is 0 Å². The molecular weight excluding hydrogens is 216 g/mol. The van der Waals surface area contributed by atoms with Gasteiger partial charge in [-0.3, -0.25) is 5.10 Å². The van der Waals surface area contributed by atoms with Crippen LogP contribution in [0, 0.1) is 17.3 Å². The molecule has 0 aliphatic heterocycles. The lowest BCUT2D eigenvalue weighted by Gasteiger charge is -2.17. The molecule has 1 heterocycles. The summed E-state index contributed by atoms with van der Waals surface area (Å²) in [5.74, 6) is 1.17. The molecule has 4 heteroatoms. The Labute approximate surface area is 101 Å². The largest absolute Gasteiger partial charge is 0.461 e. The van der Waals surface area contributed by atoms with Gasteiger partial charge in [-0.05, 0) is 37.0 Å². The zero-order chi connectivity index (χ0) is 12.2. The number of carbonyl (C=O) groups excluding carboxylic acids is 1. The van der Waals surface area contributed by atoms with Crippen molar-refractivity contribution in [1.82, 2.24) is 10.2 Å². The van der Waals surface area contributed by atoms with Crippen LogP contribution in [0.3, 0.4) is 0 Å². The summed E-state index contributed by atoms with van der Waals surface area (Å²) in [5, 5.41) is 7.15. The Morgan fingerprint density at radius 1 is 1.65 bits per heavy atom. The minimum Gasteiger partial charge on any atom is -0.461 e. The van der Waals surface area contributed by atoms with E-state index >= 15 is 0 Å². The third-order valence-electron chi connectivity index (χ3n) is 4.78. The normalized spacial score (nSPS) is 33.8. The summed E-state index contributed by atoms with van der Waals surface area (Å²) in [6.07, 6.45) is 1.98. The van der Waals surface area contributed by atoms with Gasteiger partial charge >= 0.3 is 5.97 Å². The number of fused-ring (bicyclic) bond motifs is 2. The fourth-order valence-electron chi connectivity index (χ4n) is 3.35. The monoisotopic (exact) mass is 234 g/mol. The number of rotatable bonds is 2. The number of ether oxygens (including phenoxy) is 1. The van der Waals surface area contributed by atoms with E-state index in [1.165, 1.54) is 0 Å². The fraction of sp³-hybridized carbons (Fsp3) is 0.692. The molecule has 0 spiro atoms. The van der Waals surface area contributed by atoms with Gasteiger partial charge < -0.3 is 4.74 Å². The van der Waals surface area contributed by atoms with E-state index in [0.29, 0.717) is 23.6 Å². The Morgan fingerprint density at radius 3 is 3.12 bits per heavy atom. The van der Waals surface area contributed by atoms with Gasteiger partial charge in [-0.1, -0.05) is 13.8 Å². The van der Waals surface area contributed by atoms with Gasteiger partial charge in [0, 0.05) is 11.3 Å². The molecule has 3 atom stereocenters. The molecule has 0 aromatic carbocycles. The maximum absolute atomic E-state index is 11.8. The number of aromatic amines is 1. The van der Waals surface area contributed by atoms with Gasteiger partial charge in [0.25, 0.3) is 0 Å². The molecule has 1 aromatic heterocycles. The van der Waals surface area contributed by atoms with Gasteiger partial charge in [0.1, 0.15) is 0 Å². The van der Waals surface area contributed by atoms with Crippen molar-refractivity contribution in [3.63, 3.8) is 0 Å². The summed E-state index contributed by atoms with van der Waals surface area (Å²) in [4.78, 5) is 11.8. The van der Waals surface area contributed by atoms with Crippen LogP contribution in [0.2, 0.25) is 0 Å². The van der Waals surface area contributed by atoms with Gasteiger partial charge in [-0.25, -0.2) is 4.79 Å². The van der Waals surface area contributed by atoms with E-state index in [2.05, 4.69) is 24.0 Å². The molecule has 0 bridgehead atoms. The summed E-state index contributed by atoms with van der Waals surface area (Å²) < 4.78 is 5.03. The van der Waals surface area contributed by atoms with E-state index in [4.69, 9.17) is 4.74 Å². The Bertz CT molecular complexity index is 480. The molecule has 2 aliphatic carbocycles. The number of carbonyl (C=O) groups is 1. The van der Waals surface area contributed by atoms with Crippen LogP contribution in [0.1, 0.15) is 42.5 Å². The second-order valence-corrected chi connectivity index (χ2v) is 5.53. The van der Waals surface area contributed by atoms with E-state index in [0.717, 1.165) is 30.0 Å². The third-order valence-corrected chi connectivity index (χ3v) is 4.78. The highest BCUT2D eigenvalue weighted by molar-refractivity contribution is 5.89. The van der Waals surface area contributed by atoms with Gasteiger partial charge in [-0.15, -0.1) is 0 Å². The molecule has 3 rings (SSSR count). The highest BCUT2D eigenvalue weighted by Gasteiger charge is 2.60. The van der Waals surface area contributed by atoms with Crippen LogP contribution >= 0.6 is 0 Å². The third kappa shape index (κ3) is 1.36. The quantitative estimate of drug-likeness (QED) is 0.796. The smallest absolute Gasteiger partial charge is 0.359 e. The Kier molecular flexibility index (Phi) is 2.12. The summed E-state index contributed by atoms with van der Waals surface area (Å²) in [7, 11) is 0. The minimum absolute atomic E-state index is 0.290. The van der Waals surface area contributed by atoms with Crippen LogP contribution in [-0.4, -0.2) is 22.8 Å². The first kappa shape index (κ1) is 10.8. The van der Waals surface area contributed by atoms with Crippen LogP contribution < -0.4 is 0 Å². The van der Waals surface area contributed by atoms with Crippen LogP contribution in [0.5, 0.6) is 0 Å². The minimum atomic E-state index is -0.290. The van der Waals surface area contributed by atoms with Gasteiger partial charge in [0.2, 0.25) is 0 Å². The summed E-state index contributed by atoms with van der Waals surface area (Å²) >= 11 is 0. The molecule has 0 radical (unpaired) electrons. The fourth-order valence-corrected chi connectivity index (χ4v) is 3.35. The van der Waals surface area contributed by atoms with Crippen molar-refractivity contribution < 1.29 is 9.53 Å². The van der Waals surface area contributed by atoms with Crippen molar-refractivity contribution in [3.05, 3.63) is 17.0 Å². The Morgan fingerprint density at radius 2 is 2.41 bits per heavy atom. The molecule has 0 amide bonds. The van der Waals surface area contributed by atoms with Crippen molar-refractivity contribution in [2.24, 2.45) is 17.3 Å². The number of H-pyrrole nitrogens is 1. The number of nitrogens with zero attached hydrogens (tertiary/aromatic N) is 1. The molecule has 92 valence electrons. The molecule has 17 heavy (non-hydrogen) atoms. The molecule has 1 N–H and O–H groups in total. The zero-order valence-corrected chi connectivity index (χ0v) is 10.5. The van der Waals surface area contributed by atoms with E-state index < -0.39 is 0 Å². The van der Waals surface area contributed by atoms with E-state index in [1.807, 2.05) is 6.92 Å². The summed E-state index contributed by atoms with van der Waals surface area (Å²) in [6, 6.07) is 0. The maximum Gasteiger partial charge on any atom is 0.359 e. The topological polar surface area (TPSA) is 55.0 Å².